The summed E-state index contributed by atoms with van der Waals surface area (Å²) in [5, 5.41) is 14.9. The molecule has 0 saturated carbocycles. The molecule has 0 spiro atoms. The standard InChI is InChI=1S/C17H18ClN3O6S/c1-26-17-5-2-12(18)10-15(17)19-14-4-3-13(11-16(14)21(22)23)28(24,25)20-6-8-27-9-7-20/h2-5,10-11,19H,6-9H2,1H3. The number of sulfonamides is 1. The average molecular weight is 428 g/mol. The molecule has 1 saturated heterocycles. The molecule has 0 aliphatic carbocycles. The second kappa shape index (κ2) is 8.31. The zero-order valence-corrected chi connectivity index (χ0v) is 16.5. The van der Waals surface area contributed by atoms with Gasteiger partial charge in [-0.05, 0) is 30.3 Å². The van der Waals surface area contributed by atoms with Crippen LogP contribution >= 0.6 is 11.6 Å². The third kappa shape index (κ3) is 4.20. The Labute approximate surface area is 167 Å². The Morgan fingerprint density at radius 3 is 2.54 bits per heavy atom. The van der Waals surface area contributed by atoms with E-state index in [0.29, 0.717) is 16.5 Å². The number of nitrogens with one attached hydrogen (secondary N) is 1. The van der Waals surface area contributed by atoms with Crippen LogP contribution in [-0.4, -0.2) is 51.1 Å². The topological polar surface area (TPSA) is 111 Å². The predicted octanol–water partition coefficient (Wildman–Crippen LogP) is 3.02. The Balaban J connectivity index is 1.98. The van der Waals surface area contributed by atoms with E-state index < -0.39 is 14.9 Å². The lowest BCUT2D eigenvalue weighted by atomic mass is 10.2. The highest BCUT2D eigenvalue weighted by molar-refractivity contribution is 7.89. The van der Waals surface area contributed by atoms with E-state index in [9.17, 15) is 18.5 Å². The average Bonchev–Trinajstić information content (AvgIpc) is 2.69. The number of hydrogen-bond donors (Lipinski definition) is 1. The Morgan fingerprint density at radius 1 is 1.18 bits per heavy atom. The van der Waals surface area contributed by atoms with Gasteiger partial charge in [-0.3, -0.25) is 10.1 Å². The summed E-state index contributed by atoms with van der Waals surface area (Å²) >= 11 is 5.99. The van der Waals surface area contributed by atoms with E-state index in [1.807, 2.05) is 0 Å². The first kappa shape index (κ1) is 20.3. The summed E-state index contributed by atoms with van der Waals surface area (Å²) in [7, 11) is -2.39. The molecule has 1 fully saturated rings. The molecule has 150 valence electrons. The molecule has 28 heavy (non-hydrogen) atoms. The van der Waals surface area contributed by atoms with Crippen molar-refractivity contribution in [3.63, 3.8) is 0 Å². The number of halogens is 1. The highest BCUT2D eigenvalue weighted by Gasteiger charge is 2.29. The zero-order valence-electron chi connectivity index (χ0n) is 14.9. The van der Waals surface area contributed by atoms with E-state index in [1.165, 1.54) is 23.5 Å². The SMILES string of the molecule is COc1ccc(Cl)cc1Nc1ccc(S(=O)(=O)N2CCOCC2)cc1[N+](=O)[O-]. The molecule has 0 amide bonds. The molecule has 0 atom stereocenters. The molecule has 0 radical (unpaired) electrons. The maximum atomic E-state index is 12.8. The largest absolute Gasteiger partial charge is 0.495 e. The molecule has 2 aromatic carbocycles. The fourth-order valence-electron chi connectivity index (χ4n) is 2.79. The zero-order chi connectivity index (χ0) is 20.3. The number of ether oxygens (including phenoxy) is 2. The lowest BCUT2D eigenvalue weighted by molar-refractivity contribution is -0.384. The van der Waals surface area contributed by atoms with Crippen LogP contribution in [0.4, 0.5) is 17.1 Å². The first-order valence-electron chi connectivity index (χ1n) is 8.30. The molecule has 0 unspecified atom stereocenters. The molecule has 0 aromatic heterocycles. The van der Waals surface area contributed by atoms with E-state index in [2.05, 4.69) is 5.32 Å². The first-order chi connectivity index (χ1) is 13.3. The summed E-state index contributed by atoms with van der Waals surface area (Å²) in [5.74, 6) is 0.434. The predicted molar refractivity (Wildman–Crippen MR) is 104 cm³/mol. The van der Waals surface area contributed by atoms with Crippen LogP contribution in [0.25, 0.3) is 0 Å². The number of nitrogens with zero attached hydrogens (tertiary/aromatic N) is 2. The maximum Gasteiger partial charge on any atom is 0.294 e. The molecule has 1 aliphatic rings. The van der Waals surface area contributed by atoms with Gasteiger partial charge in [0, 0.05) is 24.2 Å². The van der Waals surface area contributed by atoms with Crippen molar-refractivity contribution in [2.45, 2.75) is 4.90 Å². The van der Waals surface area contributed by atoms with Gasteiger partial charge in [0.2, 0.25) is 10.0 Å². The molecule has 2 aromatic rings. The third-order valence-electron chi connectivity index (χ3n) is 4.20. The highest BCUT2D eigenvalue weighted by Crippen LogP contribution is 2.35. The van der Waals surface area contributed by atoms with Crippen LogP contribution in [0, 0.1) is 10.1 Å². The molecule has 1 heterocycles. The number of hydrogen-bond acceptors (Lipinski definition) is 7. The number of anilines is 2. The normalized spacial score (nSPS) is 15.2. The van der Waals surface area contributed by atoms with Gasteiger partial charge in [-0.1, -0.05) is 11.6 Å². The number of morpholine rings is 1. The second-order valence-electron chi connectivity index (χ2n) is 5.92. The molecule has 1 N–H and O–H groups in total. The minimum atomic E-state index is -3.85. The van der Waals surface area contributed by atoms with Gasteiger partial charge >= 0.3 is 0 Å². The number of methoxy groups -OCH3 is 1. The Morgan fingerprint density at radius 2 is 1.89 bits per heavy atom. The third-order valence-corrected chi connectivity index (χ3v) is 6.33. The van der Waals surface area contributed by atoms with Gasteiger partial charge in [0.15, 0.2) is 0 Å². The Hall–Kier alpha value is -2.40. The fourth-order valence-corrected chi connectivity index (χ4v) is 4.39. The lowest BCUT2D eigenvalue weighted by Crippen LogP contribution is -2.40. The summed E-state index contributed by atoms with van der Waals surface area (Å²) in [6.07, 6.45) is 0. The van der Waals surface area contributed by atoms with Gasteiger partial charge in [0.25, 0.3) is 5.69 Å². The van der Waals surface area contributed by atoms with Crippen LogP contribution in [0.15, 0.2) is 41.3 Å². The summed E-state index contributed by atoms with van der Waals surface area (Å²) in [4.78, 5) is 10.8. The van der Waals surface area contributed by atoms with Gasteiger partial charge in [-0.2, -0.15) is 4.31 Å². The molecule has 1 aliphatic heterocycles. The van der Waals surface area contributed by atoms with Crippen LogP contribution in [0.2, 0.25) is 5.02 Å². The number of nitro groups is 1. The van der Waals surface area contributed by atoms with Crippen molar-refractivity contribution in [1.82, 2.24) is 4.31 Å². The molecular formula is C17H18ClN3O6S. The van der Waals surface area contributed by atoms with Crippen molar-refractivity contribution in [3.8, 4) is 5.75 Å². The van der Waals surface area contributed by atoms with Crippen molar-refractivity contribution >= 4 is 38.7 Å². The van der Waals surface area contributed by atoms with Gasteiger partial charge < -0.3 is 14.8 Å². The molecule has 3 rings (SSSR count). The Bertz CT molecular complexity index is 992. The fraction of sp³-hybridized carbons (Fsp3) is 0.294. The highest BCUT2D eigenvalue weighted by atomic mass is 35.5. The van der Waals surface area contributed by atoms with Crippen LogP contribution < -0.4 is 10.1 Å². The summed E-state index contributed by atoms with van der Waals surface area (Å²) in [6.45, 7) is 0.983. The van der Waals surface area contributed by atoms with E-state index in [0.717, 1.165) is 6.07 Å². The van der Waals surface area contributed by atoms with Crippen molar-refractivity contribution in [2.24, 2.45) is 0 Å². The van der Waals surface area contributed by atoms with Crippen molar-refractivity contribution in [2.75, 3.05) is 38.7 Å². The smallest absolute Gasteiger partial charge is 0.294 e. The van der Waals surface area contributed by atoms with E-state index >= 15 is 0 Å². The number of benzene rings is 2. The molecule has 9 nitrogen and oxygen atoms in total. The van der Waals surface area contributed by atoms with Gasteiger partial charge in [0.05, 0.1) is 35.8 Å². The Kier molecular flexibility index (Phi) is 6.04. The van der Waals surface area contributed by atoms with Gasteiger partial charge in [0.1, 0.15) is 11.4 Å². The van der Waals surface area contributed by atoms with Crippen molar-refractivity contribution in [3.05, 3.63) is 51.5 Å². The lowest BCUT2D eigenvalue weighted by Gasteiger charge is -2.26. The summed E-state index contributed by atoms with van der Waals surface area (Å²) in [6, 6.07) is 8.53. The number of nitro benzene ring substituents is 1. The van der Waals surface area contributed by atoms with Crippen molar-refractivity contribution in [1.29, 1.82) is 0 Å². The summed E-state index contributed by atoms with van der Waals surface area (Å²) in [5.41, 5.74) is 0.157. The van der Waals surface area contributed by atoms with Gasteiger partial charge in [-0.25, -0.2) is 8.42 Å². The maximum absolute atomic E-state index is 12.8. The van der Waals surface area contributed by atoms with E-state index in [-0.39, 0.29) is 42.6 Å². The van der Waals surface area contributed by atoms with Crippen LogP contribution in [0.3, 0.4) is 0 Å². The van der Waals surface area contributed by atoms with Crippen LogP contribution in [0.1, 0.15) is 0 Å². The molecular weight excluding hydrogens is 410 g/mol. The minimum absolute atomic E-state index is 0.117. The first-order valence-corrected chi connectivity index (χ1v) is 10.1. The van der Waals surface area contributed by atoms with Crippen LogP contribution in [-0.2, 0) is 14.8 Å². The molecule has 11 heteroatoms. The quantitative estimate of drug-likeness (QED) is 0.557. The minimum Gasteiger partial charge on any atom is -0.495 e. The van der Waals surface area contributed by atoms with E-state index in [1.54, 1.807) is 18.2 Å². The number of rotatable bonds is 6. The second-order valence-corrected chi connectivity index (χ2v) is 8.30. The molecule has 0 bridgehead atoms. The van der Waals surface area contributed by atoms with Crippen LogP contribution in [0.5, 0.6) is 5.75 Å². The monoisotopic (exact) mass is 427 g/mol. The van der Waals surface area contributed by atoms with Gasteiger partial charge in [-0.15, -0.1) is 0 Å². The van der Waals surface area contributed by atoms with E-state index in [4.69, 9.17) is 21.1 Å². The van der Waals surface area contributed by atoms with Crippen molar-refractivity contribution < 1.29 is 22.8 Å². The summed E-state index contributed by atoms with van der Waals surface area (Å²) < 4.78 is 37.2.